The molecule has 0 spiro atoms. The zero-order valence-corrected chi connectivity index (χ0v) is 17.8. The van der Waals surface area contributed by atoms with Crippen LogP contribution in [0.5, 0.6) is 5.75 Å². The van der Waals surface area contributed by atoms with E-state index in [1.54, 1.807) is 7.11 Å². The monoisotopic (exact) mass is 446 g/mol. The van der Waals surface area contributed by atoms with Crippen molar-refractivity contribution in [2.75, 3.05) is 37.5 Å². The van der Waals surface area contributed by atoms with E-state index in [-0.39, 0.29) is 31.2 Å². The maximum absolute atomic E-state index is 13.1. The summed E-state index contributed by atoms with van der Waals surface area (Å²) in [6.45, 7) is 6.32. The predicted octanol–water partition coefficient (Wildman–Crippen LogP) is 0.316. The normalized spacial score (nSPS) is 18.7. The first-order valence-corrected chi connectivity index (χ1v) is 12.1. The first-order chi connectivity index (χ1) is 11.4. The van der Waals surface area contributed by atoms with Crippen molar-refractivity contribution in [2.45, 2.75) is 43.6 Å². The van der Waals surface area contributed by atoms with Gasteiger partial charge in [0.1, 0.15) is 0 Å². The van der Waals surface area contributed by atoms with Crippen LogP contribution >= 0.6 is 0 Å². The molecule has 1 aliphatic heterocycles. The Hall–Kier alpha value is -0.820. The summed E-state index contributed by atoms with van der Waals surface area (Å²) in [7, 11) is 3.96. The van der Waals surface area contributed by atoms with E-state index in [1.807, 2.05) is 26.0 Å². The van der Waals surface area contributed by atoms with E-state index in [4.69, 9.17) is 4.74 Å². The number of carbonyl (C=O) groups excluding carboxylic acids is 1. The molecule has 0 aromatic heterocycles. The number of hydrogen-bond acceptors (Lipinski definition) is 2. The summed E-state index contributed by atoms with van der Waals surface area (Å²) < 4.78 is 6.37. The summed E-state index contributed by atoms with van der Waals surface area (Å²) in [6.07, 6.45) is 5.09. The minimum absolute atomic E-state index is 0.128. The standard InChI is InChI=1S/C19H31IN2O2/c1-14-12-16(24-5)13-15(2)17(14)21-19(23)18(20-3)22(4)10-8-6-7-9-11-22/h12-13,18H,6-11H2,1-5H3,(H,21,23). The molecule has 0 saturated carbocycles. The Bertz CT molecular complexity index is 558. The zero-order chi connectivity index (χ0) is 17.7. The average molecular weight is 446 g/mol. The van der Waals surface area contributed by atoms with Gasteiger partial charge in [-0.1, -0.05) is 0 Å². The fourth-order valence-corrected chi connectivity index (χ4v) is 6.30. The van der Waals surface area contributed by atoms with Gasteiger partial charge in [-0.2, -0.15) is 0 Å². The van der Waals surface area contributed by atoms with Crippen molar-refractivity contribution in [3.05, 3.63) is 23.3 Å². The maximum atomic E-state index is 13.1. The molecule has 1 aromatic rings. The second-order valence-corrected chi connectivity index (χ2v) is 9.45. The summed E-state index contributed by atoms with van der Waals surface area (Å²) in [4.78, 5) is 15.3. The van der Waals surface area contributed by atoms with Crippen molar-refractivity contribution in [1.82, 2.24) is 0 Å². The molecule has 1 saturated heterocycles. The van der Waals surface area contributed by atoms with Crippen molar-refractivity contribution in [2.24, 2.45) is 0 Å². The van der Waals surface area contributed by atoms with E-state index in [0.29, 0.717) is 0 Å². The number of methoxy groups -OCH3 is 1. The molecule has 1 aliphatic rings. The number of amides is 1. The van der Waals surface area contributed by atoms with Crippen molar-refractivity contribution >= 4 is 11.6 Å². The summed E-state index contributed by atoms with van der Waals surface area (Å²) in [5, 5.41) is 3.24. The predicted molar refractivity (Wildman–Crippen MR) is 95.2 cm³/mol. The van der Waals surface area contributed by atoms with Crippen LogP contribution in [-0.4, -0.2) is 46.6 Å². The van der Waals surface area contributed by atoms with Crippen molar-refractivity contribution < 1.29 is 35.2 Å². The van der Waals surface area contributed by atoms with E-state index in [9.17, 15) is 4.79 Å². The van der Waals surface area contributed by atoms with Crippen molar-refractivity contribution in [3.63, 3.8) is 0 Å². The van der Waals surface area contributed by atoms with Gasteiger partial charge in [-0.3, -0.25) is 0 Å². The number of benzene rings is 1. The third kappa shape index (κ3) is 4.42. The molecular weight excluding hydrogens is 415 g/mol. The molecule has 1 N–H and O–H groups in total. The number of halogens is 1. The molecule has 2 rings (SSSR count). The molecule has 0 aliphatic carbocycles. The molecule has 1 atom stereocenters. The molecule has 1 amide bonds. The Kier molecular flexibility index (Phi) is 6.92. The molecule has 0 radical (unpaired) electrons. The number of hydrogen-bond donors (Lipinski definition) is 1. The quantitative estimate of drug-likeness (QED) is 0.306. The van der Waals surface area contributed by atoms with Gasteiger partial charge in [0.05, 0.1) is 0 Å². The molecule has 24 heavy (non-hydrogen) atoms. The van der Waals surface area contributed by atoms with Crippen LogP contribution in [0.4, 0.5) is 5.69 Å². The number of ether oxygens (including phenoxy) is 1. The Morgan fingerprint density at radius 2 is 1.71 bits per heavy atom. The number of alkyl halides is 2. The number of quaternary nitrogens is 1. The Morgan fingerprint density at radius 3 is 2.17 bits per heavy atom. The number of nitrogens with one attached hydrogen (secondary N) is 1. The van der Waals surface area contributed by atoms with Crippen LogP contribution in [0.2, 0.25) is 0 Å². The van der Waals surface area contributed by atoms with Gasteiger partial charge in [-0.05, 0) is 0 Å². The molecule has 4 nitrogen and oxygen atoms in total. The summed E-state index contributed by atoms with van der Waals surface area (Å²) >= 11 is -0.178. The fraction of sp³-hybridized carbons (Fsp3) is 0.632. The number of nitrogens with zero attached hydrogens (tertiary/aromatic N) is 1. The van der Waals surface area contributed by atoms with E-state index >= 15 is 0 Å². The van der Waals surface area contributed by atoms with E-state index in [0.717, 1.165) is 40.1 Å². The molecule has 1 heterocycles. The average Bonchev–Trinajstić information content (AvgIpc) is 2.76. The van der Waals surface area contributed by atoms with E-state index in [1.165, 1.54) is 25.7 Å². The number of rotatable bonds is 5. The topological polar surface area (TPSA) is 38.3 Å². The van der Waals surface area contributed by atoms with Crippen LogP contribution in [0.15, 0.2) is 12.1 Å². The number of anilines is 1. The van der Waals surface area contributed by atoms with Gasteiger partial charge in [0, 0.05) is 0 Å². The van der Waals surface area contributed by atoms with Gasteiger partial charge in [0.15, 0.2) is 0 Å². The molecule has 1 aromatic carbocycles. The van der Waals surface area contributed by atoms with Gasteiger partial charge in [-0.15, -0.1) is 0 Å². The van der Waals surface area contributed by atoms with Gasteiger partial charge in [0.25, 0.3) is 0 Å². The van der Waals surface area contributed by atoms with Gasteiger partial charge in [0.2, 0.25) is 0 Å². The molecule has 5 heteroatoms. The fourth-order valence-electron chi connectivity index (χ4n) is 3.68. The summed E-state index contributed by atoms with van der Waals surface area (Å²) in [6, 6.07) is 3.97. The van der Waals surface area contributed by atoms with Crippen molar-refractivity contribution in [3.8, 4) is 5.75 Å². The van der Waals surface area contributed by atoms with Crippen LogP contribution in [0.3, 0.4) is 0 Å². The minimum atomic E-state index is -0.178. The second-order valence-electron chi connectivity index (χ2n) is 7.02. The van der Waals surface area contributed by atoms with Crippen LogP contribution in [0.1, 0.15) is 36.8 Å². The number of aryl methyl sites for hydroxylation is 2. The summed E-state index contributed by atoms with van der Waals surface area (Å²) in [5.74, 6) is 1.04. The van der Waals surface area contributed by atoms with Gasteiger partial charge >= 0.3 is 157 Å². The van der Waals surface area contributed by atoms with E-state index in [2.05, 4.69) is 17.3 Å². The molecular formula is C19H31IN2O2. The zero-order valence-electron chi connectivity index (χ0n) is 15.6. The first kappa shape index (κ1) is 19.5. The van der Waals surface area contributed by atoms with E-state index < -0.39 is 0 Å². The number of likely N-dealkylation sites (N-methyl/N-ethyl adjacent to an activating group) is 1. The van der Waals surface area contributed by atoms with Crippen LogP contribution in [-0.2, 0) is 4.79 Å². The molecule has 1 unspecified atom stereocenters. The van der Waals surface area contributed by atoms with Crippen molar-refractivity contribution in [1.29, 1.82) is 0 Å². The Morgan fingerprint density at radius 1 is 1.17 bits per heavy atom. The molecule has 0 bridgehead atoms. The molecule has 1 fully saturated rings. The van der Waals surface area contributed by atoms with Crippen LogP contribution in [0, 0.1) is 13.8 Å². The van der Waals surface area contributed by atoms with Gasteiger partial charge in [-0.25, -0.2) is 0 Å². The third-order valence-corrected chi connectivity index (χ3v) is 8.14. The Balaban J connectivity index is 2.20. The Labute approximate surface area is 156 Å². The summed E-state index contributed by atoms with van der Waals surface area (Å²) in [5.41, 5.74) is 3.07. The number of carbonyl (C=O) groups is 1. The number of likely N-dealkylation sites (tertiary alicyclic amines) is 1. The van der Waals surface area contributed by atoms with Gasteiger partial charge < -0.3 is 0 Å². The third-order valence-electron chi connectivity index (χ3n) is 5.05. The van der Waals surface area contributed by atoms with Crippen LogP contribution in [0.25, 0.3) is 0 Å². The molecule has 136 valence electrons. The SMILES string of the molecule is COc1cc(C)c(NC(=O)C([I-]C)[N+]2(C)CCCCCC2)c(C)c1. The van der Waals surface area contributed by atoms with Crippen LogP contribution < -0.4 is 31.3 Å². The first-order valence-electron chi connectivity index (χ1n) is 8.69. The second kappa shape index (κ2) is 8.52.